The number of nitrogens with one attached hydrogen (secondary N) is 1. The lowest BCUT2D eigenvalue weighted by molar-refractivity contribution is 0.422. The molecule has 0 atom stereocenters. The highest BCUT2D eigenvalue weighted by atomic mass is 79.9. The Labute approximate surface area is 134 Å². The van der Waals surface area contributed by atoms with Crippen LogP contribution in [0.4, 0.5) is 0 Å². The molecule has 5 nitrogen and oxygen atoms in total. The molecule has 0 radical (unpaired) electrons. The van der Waals surface area contributed by atoms with Gasteiger partial charge in [-0.05, 0) is 29.3 Å². The maximum absolute atomic E-state index is 12.7. The zero-order chi connectivity index (χ0) is 15.6. The standard InChI is InChI=1S/C14H21BrN2O3S/c1-10(2)16-8-12-7-13(14(15)20-12)21(18,19)17-6-4-5-11(3)9-17/h5,7,10,16H,4,6,8-9H2,1-3H3. The number of nitrogens with zero attached hydrogens (tertiary/aromatic N) is 1. The van der Waals surface area contributed by atoms with Crippen LogP contribution in [0.5, 0.6) is 0 Å². The summed E-state index contributed by atoms with van der Waals surface area (Å²) in [6, 6.07) is 1.91. The van der Waals surface area contributed by atoms with Crippen LogP contribution in [0.1, 0.15) is 33.0 Å². The molecule has 1 aromatic heterocycles. The smallest absolute Gasteiger partial charge is 0.247 e. The lowest BCUT2D eigenvalue weighted by Gasteiger charge is -2.24. The number of hydrogen-bond acceptors (Lipinski definition) is 4. The van der Waals surface area contributed by atoms with Crippen molar-refractivity contribution >= 4 is 26.0 Å². The third kappa shape index (κ3) is 3.97. The van der Waals surface area contributed by atoms with Crippen molar-refractivity contribution in [3.05, 3.63) is 28.1 Å². The SMILES string of the molecule is CC1=CCCN(S(=O)(=O)c2cc(CNC(C)C)oc2Br)C1. The molecule has 0 spiro atoms. The van der Waals surface area contributed by atoms with Crippen molar-refractivity contribution in [2.24, 2.45) is 0 Å². The third-order valence-electron chi connectivity index (χ3n) is 3.31. The first-order valence-electron chi connectivity index (χ1n) is 6.98. The molecule has 0 aromatic carbocycles. The van der Waals surface area contributed by atoms with E-state index in [2.05, 4.69) is 27.3 Å². The van der Waals surface area contributed by atoms with Crippen molar-refractivity contribution < 1.29 is 12.8 Å². The fraction of sp³-hybridized carbons (Fsp3) is 0.571. The van der Waals surface area contributed by atoms with Gasteiger partial charge in [-0.2, -0.15) is 4.31 Å². The average molecular weight is 377 g/mol. The molecular formula is C14H21BrN2O3S. The molecule has 1 N–H and O–H groups in total. The summed E-state index contributed by atoms with van der Waals surface area (Å²) in [5, 5.41) is 3.21. The number of rotatable bonds is 5. The Hall–Kier alpha value is -0.630. The molecule has 0 aliphatic carbocycles. The summed E-state index contributed by atoms with van der Waals surface area (Å²) in [5.74, 6) is 0.610. The Balaban J connectivity index is 2.22. The minimum absolute atomic E-state index is 0.206. The molecule has 0 unspecified atom stereocenters. The van der Waals surface area contributed by atoms with Crippen LogP contribution in [-0.2, 0) is 16.6 Å². The molecule has 0 bridgehead atoms. The number of hydrogen-bond donors (Lipinski definition) is 1. The van der Waals surface area contributed by atoms with Gasteiger partial charge in [0.25, 0.3) is 0 Å². The summed E-state index contributed by atoms with van der Waals surface area (Å²) in [7, 11) is -3.52. The van der Waals surface area contributed by atoms with E-state index in [0.29, 0.717) is 31.4 Å². The second kappa shape index (κ2) is 6.64. The highest BCUT2D eigenvalue weighted by Gasteiger charge is 2.30. The van der Waals surface area contributed by atoms with Crippen molar-refractivity contribution in [2.75, 3.05) is 13.1 Å². The molecule has 21 heavy (non-hydrogen) atoms. The van der Waals surface area contributed by atoms with E-state index >= 15 is 0 Å². The summed E-state index contributed by atoms with van der Waals surface area (Å²) in [6.45, 7) is 7.46. The molecule has 0 amide bonds. The summed E-state index contributed by atoms with van der Waals surface area (Å²) in [4.78, 5) is 0.206. The molecule has 1 aliphatic heterocycles. The Morgan fingerprint density at radius 3 is 2.81 bits per heavy atom. The first kappa shape index (κ1) is 16.7. The van der Waals surface area contributed by atoms with E-state index in [9.17, 15) is 8.42 Å². The first-order valence-corrected chi connectivity index (χ1v) is 9.21. The molecule has 2 heterocycles. The zero-order valence-electron chi connectivity index (χ0n) is 12.5. The predicted molar refractivity (Wildman–Crippen MR) is 85.5 cm³/mol. The van der Waals surface area contributed by atoms with Crippen LogP contribution in [-0.4, -0.2) is 31.9 Å². The predicted octanol–water partition coefficient (Wildman–Crippen LogP) is 2.88. The third-order valence-corrected chi connectivity index (χ3v) is 6.01. The number of furan rings is 1. The second-order valence-electron chi connectivity index (χ2n) is 5.56. The summed E-state index contributed by atoms with van der Waals surface area (Å²) in [5.41, 5.74) is 1.08. The molecule has 1 aromatic rings. The Kier molecular flexibility index (Phi) is 5.29. The van der Waals surface area contributed by atoms with E-state index < -0.39 is 10.0 Å². The van der Waals surface area contributed by atoms with E-state index in [-0.39, 0.29) is 9.56 Å². The van der Waals surface area contributed by atoms with Gasteiger partial charge in [0.15, 0.2) is 4.67 Å². The van der Waals surface area contributed by atoms with Gasteiger partial charge in [-0.25, -0.2) is 8.42 Å². The average Bonchev–Trinajstić information content (AvgIpc) is 2.78. The van der Waals surface area contributed by atoms with Gasteiger partial charge in [0.05, 0.1) is 6.54 Å². The fourth-order valence-electron chi connectivity index (χ4n) is 2.19. The van der Waals surface area contributed by atoms with Crippen molar-refractivity contribution in [2.45, 2.75) is 44.7 Å². The topological polar surface area (TPSA) is 62.6 Å². The van der Waals surface area contributed by atoms with Crippen molar-refractivity contribution in [1.82, 2.24) is 9.62 Å². The van der Waals surface area contributed by atoms with Crippen LogP contribution in [0.2, 0.25) is 0 Å². The van der Waals surface area contributed by atoms with Crippen molar-refractivity contribution in [1.29, 1.82) is 0 Å². The number of halogens is 1. The molecular weight excluding hydrogens is 356 g/mol. The van der Waals surface area contributed by atoms with Crippen LogP contribution in [0.3, 0.4) is 0 Å². The summed E-state index contributed by atoms with van der Waals surface area (Å²) < 4.78 is 32.7. The highest BCUT2D eigenvalue weighted by molar-refractivity contribution is 9.10. The minimum atomic E-state index is -3.52. The molecule has 0 saturated carbocycles. The van der Waals surface area contributed by atoms with E-state index in [4.69, 9.17) is 4.42 Å². The molecule has 118 valence electrons. The molecule has 0 saturated heterocycles. The lowest BCUT2D eigenvalue weighted by Crippen LogP contribution is -2.35. The monoisotopic (exact) mass is 376 g/mol. The van der Waals surface area contributed by atoms with Crippen LogP contribution >= 0.6 is 15.9 Å². The van der Waals surface area contributed by atoms with Gasteiger partial charge >= 0.3 is 0 Å². The van der Waals surface area contributed by atoms with Gasteiger partial charge in [0, 0.05) is 25.2 Å². The molecule has 2 rings (SSSR count). The van der Waals surface area contributed by atoms with Gasteiger partial charge in [-0.1, -0.05) is 25.5 Å². The van der Waals surface area contributed by atoms with Crippen molar-refractivity contribution in [3.63, 3.8) is 0 Å². The van der Waals surface area contributed by atoms with Gasteiger partial charge in [0.1, 0.15) is 10.7 Å². The quantitative estimate of drug-likeness (QED) is 0.802. The van der Waals surface area contributed by atoms with Gasteiger partial charge in [0.2, 0.25) is 10.0 Å². The normalized spacial score (nSPS) is 17.3. The van der Waals surface area contributed by atoms with E-state index in [1.807, 2.05) is 20.8 Å². The largest absolute Gasteiger partial charge is 0.452 e. The fourth-order valence-corrected chi connectivity index (χ4v) is 4.64. The molecule has 1 aliphatic rings. The van der Waals surface area contributed by atoms with Gasteiger partial charge < -0.3 is 9.73 Å². The Morgan fingerprint density at radius 2 is 2.19 bits per heavy atom. The Bertz CT molecular complexity index is 635. The molecule has 7 heteroatoms. The summed E-state index contributed by atoms with van der Waals surface area (Å²) in [6.07, 6.45) is 2.83. The maximum Gasteiger partial charge on any atom is 0.247 e. The lowest BCUT2D eigenvalue weighted by atomic mass is 10.2. The summed E-state index contributed by atoms with van der Waals surface area (Å²) >= 11 is 3.23. The van der Waals surface area contributed by atoms with Gasteiger partial charge in [-0.15, -0.1) is 0 Å². The van der Waals surface area contributed by atoms with Crippen LogP contribution < -0.4 is 5.32 Å². The van der Waals surface area contributed by atoms with E-state index in [1.54, 1.807) is 6.07 Å². The van der Waals surface area contributed by atoms with E-state index in [1.165, 1.54) is 4.31 Å². The van der Waals surface area contributed by atoms with Crippen molar-refractivity contribution in [3.8, 4) is 0 Å². The number of sulfonamides is 1. The second-order valence-corrected chi connectivity index (χ2v) is 8.19. The molecule has 0 fully saturated rings. The minimum Gasteiger partial charge on any atom is -0.452 e. The Morgan fingerprint density at radius 1 is 1.48 bits per heavy atom. The van der Waals surface area contributed by atoms with Crippen LogP contribution in [0.15, 0.2) is 31.7 Å². The first-order chi connectivity index (χ1) is 9.80. The highest BCUT2D eigenvalue weighted by Crippen LogP contribution is 2.30. The van der Waals surface area contributed by atoms with E-state index in [0.717, 1.165) is 12.0 Å². The zero-order valence-corrected chi connectivity index (χ0v) is 14.9. The van der Waals surface area contributed by atoms with Crippen LogP contribution in [0.25, 0.3) is 0 Å². The maximum atomic E-state index is 12.7. The van der Waals surface area contributed by atoms with Gasteiger partial charge in [-0.3, -0.25) is 0 Å². The van der Waals surface area contributed by atoms with Crippen LogP contribution in [0, 0.1) is 0 Å².